The fraction of sp³-hybridized carbons (Fsp3) is 0.900. The first kappa shape index (κ1) is 12.9. The van der Waals surface area contributed by atoms with Gasteiger partial charge in [-0.05, 0) is 18.8 Å². The normalized spacial score (nSPS) is 21.1. The third kappa shape index (κ3) is 3.14. The molecule has 2 N–H and O–H groups in total. The molecule has 1 saturated carbocycles. The molecule has 0 amide bonds. The van der Waals surface area contributed by atoms with E-state index in [1.807, 2.05) is 0 Å². The van der Waals surface area contributed by atoms with Crippen molar-refractivity contribution in [1.82, 2.24) is 0 Å². The van der Waals surface area contributed by atoms with Gasteiger partial charge in [0, 0.05) is 5.75 Å². The average Bonchev–Trinajstić information content (AvgIpc) is 2.18. The summed E-state index contributed by atoms with van der Waals surface area (Å²) in [5.74, 6) is 0.284. The van der Waals surface area contributed by atoms with Crippen LogP contribution in [0.15, 0.2) is 0 Å². The maximum atomic E-state index is 11.9. The van der Waals surface area contributed by atoms with Crippen LogP contribution in [-0.4, -0.2) is 24.4 Å². The summed E-state index contributed by atoms with van der Waals surface area (Å²) in [7, 11) is -3.13. The fourth-order valence-corrected chi connectivity index (χ4v) is 4.52. The highest BCUT2D eigenvalue weighted by Gasteiger charge is 2.35. The van der Waals surface area contributed by atoms with Crippen molar-refractivity contribution in [3.8, 4) is 0 Å². The molecule has 0 aliphatic heterocycles. The van der Waals surface area contributed by atoms with Gasteiger partial charge in [-0.25, -0.2) is 8.42 Å². The van der Waals surface area contributed by atoms with Crippen molar-refractivity contribution < 1.29 is 8.42 Å². The zero-order valence-corrected chi connectivity index (χ0v) is 10.7. The second-order valence-corrected chi connectivity index (χ2v) is 7.05. The number of hydrogen-bond donors (Lipinski definition) is 1. The van der Waals surface area contributed by atoms with E-state index in [0.717, 1.165) is 25.7 Å². The van der Waals surface area contributed by atoms with Crippen LogP contribution in [0.5, 0.6) is 0 Å². The molecule has 3 nitrogen and oxygen atoms in total. The predicted molar refractivity (Wildman–Crippen MR) is 66.6 cm³/mol. The third-order valence-electron chi connectivity index (χ3n) is 3.15. The molecule has 0 spiro atoms. The number of hydrogen-bond acceptors (Lipinski definition) is 3. The van der Waals surface area contributed by atoms with Gasteiger partial charge in [0.25, 0.3) is 0 Å². The predicted octanol–water partition coefficient (Wildman–Crippen LogP) is 1.66. The summed E-state index contributed by atoms with van der Waals surface area (Å²) in [5, 5.41) is -0.585. The van der Waals surface area contributed by atoms with E-state index >= 15 is 0 Å². The Balaban J connectivity index is 2.87. The largest absolute Gasteiger partial charge is 0.392 e. The molecule has 0 radical (unpaired) electrons. The van der Waals surface area contributed by atoms with E-state index < -0.39 is 15.1 Å². The molecular formula is C10H19NO2S2. The smallest absolute Gasteiger partial charge is 0.159 e. The van der Waals surface area contributed by atoms with Gasteiger partial charge < -0.3 is 5.73 Å². The number of rotatable bonds is 4. The van der Waals surface area contributed by atoms with Gasteiger partial charge in [0.15, 0.2) is 9.84 Å². The average molecular weight is 249 g/mol. The Morgan fingerprint density at radius 3 is 2.33 bits per heavy atom. The molecule has 1 aliphatic rings. The second kappa shape index (κ2) is 5.25. The zero-order chi connectivity index (χ0) is 11.5. The van der Waals surface area contributed by atoms with Crippen LogP contribution < -0.4 is 5.73 Å². The number of sulfone groups is 1. The van der Waals surface area contributed by atoms with Crippen molar-refractivity contribution in [2.24, 2.45) is 11.7 Å². The van der Waals surface area contributed by atoms with Crippen LogP contribution in [0.25, 0.3) is 0 Å². The number of nitrogens with two attached hydrogens (primary N) is 1. The summed E-state index contributed by atoms with van der Waals surface area (Å²) in [6.07, 6.45) is 5.29. The molecule has 1 atom stereocenters. The summed E-state index contributed by atoms with van der Waals surface area (Å²) in [4.78, 5) is 0.156. The molecule has 0 bridgehead atoms. The first-order valence-corrected chi connectivity index (χ1v) is 7.62. The van der Waals surface area contributed by atoms with E-state index in [4.69, 9.17) is 18.0 Å². The Morgan fingerprint density at radius 2 is 1.93 bits per heavy atom. The van der Waals surface area contributed by atoms with E-state index in [0.29, 0.717) is 0 Å². The van der Waals surface area contributed by atoms with Gasteiger partial charge in [-0.1, -0.05) is 38.4 Å². The van der Waals surface area contributed by atoms with Gasteiger partial charge in [-0.2, -0.15) is 0 Å². The lowest BCUT2D eigenvalue weighted by molar-refractivity contribution is 0.367. The summed E-state index contributed by atoms with van der Waals surface area (Å²) in [6, 6.07) is 0. The molecule has 0 aromatic carbocycles. The van der Waals surface area contributed by atoms with Crippen molar-refractivity contribution >= 4 is 27.0 Å². The summed E-state index contributed by atoms with van der Waals surface area (Å²) in [5.41, 5.74) is 5.58. The highest BCUT2D eigenvalue weighted by Crippen LogP contribution is 2.30. The van der Waals surface area contributed by atoms with Gasteiger partial charge in [0.1, 0.15) is 5.25 Å². The van der Waals surface area contributed by atoms with Crippen LogP contribution in [0.4, 0.5) is 0 Å². The quantitative estimate of drug-likeness (QED) is 0.770. The van der Waals surface area contributed by atoms with Gasteiger partial charge in [0.05, 0.1) is 4.99 Å². The van der Waals surface area contributed by atoms with Crippen molar-refractivity contribution in [3.63, 3.8) is 0 Å². The maximum absolute atomic E-state index is 11.9. The van der Waals surface area contributed by atoms with E-state index in [1.54, 1.807) is 6.92 Å². The second-order valence-electron chi connectivity index (χ2n) is 4.17. The van der Waals surface area contributed by atoms with Crippen LogP contribution in [0.3, 0.4) is 0 Å². The van der Waals surface area contributed by atoms with E-state index in [1.165, 1.54) is 6.42 Å². The lowest BCUT2D eigenvalue weighted by Gasteiger charge is -2.28. The molecule has 0 aromatic heterocycles. The Bertz CT molecular complexity index is 318. The van der Waals surface area contributed by atoms with E-state index in [-0.39, 0.29) is 16.7 Å². The van der Waals surface area contributed by atoms with E-state index in [2.05, 4.69) is 0 Å². The first-order chi connectivity index (χ1) is 6.99. The van der Waals surface area contributed by atoms with E-state index in [9.17, 15) is 8.42 Å². The molecule has 0 saturated heterocycles. The molecule has 1 fully saturated rings. The molecule has 0 unspecified atom stereocenters. The Morgan fingerprint density at radius 1 is 1.40 bits per heavy atom. The standard InChI is InChI=1S/C10H19NO2S2/c1-2-15(12,13)9(10(11)14)8-6-4-3-5-7-8/h8-9H,2-7H2,1H3,(H2,11,14)/t9-/m1/s1. The van der Waals surface area contributed by atoms with Crippen LogP contribution >= 0.6 is 12.2 Å². The molecule has 0 aromatic rings. The van der Waals surface area contributed by atoms with Crippen LogP contribution in [0.2, 0.25) is 0 Å². The molecule has 88 valence electrons. The Hall–Kier alpha value is -0.160. The van der Waals surface area contributed by atoms with Crippen LogP contribution in [0, 0.1) is 5.92 Å². The van der Waals surface area contributed by atoms with Crippen molar-refractivity contribution in [3.05, 3.63) is 0 Å². The van der Waals surface area contributed by atoms with Gasteiger partial charge >= 0.3 is 0 Å². The molecular weight excluding hydrogens is 230 g/mol. The minimum atomic E-state index is -3.13. The summed E-state index contributed by atoms with van der Waals surface area (Å²) in [6.45, 7) is 1.66. The molecule has 1 rings (SSSR count). The molecule has 1 aliphatic carbocycles. The van der Waals surface area contributed by atoms with Gasteiger partial charge in [-0.3, -0.25) is 0 Å². The molecule has 15 heavy (non-hydrogen) atoms. The monoisotopic (exact) mass is 249 g/mol. The minimum Gasteiger partial charge on any atom is -0.392 e. The Kier molecular flexibility index (Phi) is 4.52. The lowest BCUT2D eigenvalue weighted by Crippen LogP contribution is -2.42. The maximum Gasteiger partial charge on any atom is 0.159 e. The number of thiocarbonyl (C=S) groups is 1. The molecule has 5 heteroatoms. The fourth-order valence-electron chi connectivity index (χ4n) is 2.32. The van der Waals surface area contributed by atoms with Gasteiger partial charge in [0.2, 0.25) is 0 Å². The van der Waals surface area contributed by atoms with Crippen LogP contribution in [0.1, 0.15) is 39.0 Å². The SMILES string of the molecule is CCS(=O)(=O)[C@@H](C(N)=S)C1CCCCC1. The topological polar surface area (TPSA) is 60.2 Å². The van der Waals surface area contributed by atoms with Gasteiger partial charge in [-0.15, -0.1) is 0 Å². The van der Waals surface area contributed by atoms with Crippen molar-refractivity contribution in [1.29, 1.82) is 0 Å². The Labute approximate surface area is 97.3 Å². The molecule has 0 heterocycles. The van der Waals surface area contributed by atoms with Crippen molar-refractivity contribution in [2.45, 2.75) is 44.3 Å². The first-order valence-electron chi connectivity index (χ1n) is 5.50. The third-order valence-corrected chi connectivity index (χ3v) is 5.77. The highest BCUT2D eigenvalue weighted by atomic mass is 32.2. The summed E-state index contributed by atoms with van der Waals surface area (Å²) < 4.78 is 23.7. The lowest BCUT2D eigenvalue weighted by atomic mass is 9.87. The highest BCUT2D eigenvalue weighted by molar-refractivity contribution is 7.94. The summed E-state index contributed by atoms with van der Waals surface area (Å²) >= 11 is 4.91. The zero-order valence-electron chi connectivity index (χ0n) is 9.11. The minimum absolute atomic E-state index is 0.130. The van der Waals surface area contributed by atoms with Crippen molar-refractivity contribution in [2.75, 3.05) is 5.75 Å². The van der Waals surface area contributed by atoms with Crippen LogP contribution in [-0.2, 0) is 9.84 Å².